The van der Waals surface area contributed by atoms with Crippen LogP contribution in [0.1, 0.15) is 34.7 Å². The van der Waals surface area contributed by atoms with Gasteiger partial charge >= 0.3 is 0 Å². The van der Waals surface area contributed by atoms with E-state index in [1.54, 1.807) is 7.05 Å². The van der Waals surface area contributed by atoms with E-state index in [1.807, 2.05) is 18.2 Å². The summed E-state index contributed by atoms with van der Waals surface area (Å²) in [6.07, 6.45) is 1.40. The van der Waals surface area contributed by atoms with Crippen LogP contribution in [-0.2, 0) is 24.2 Å². The third-order valence-electron chi connectivity index (χ3n) is 4.16. The largest absolute Gasteiger partial charge is 0.489 e. The van der Waals surface area contributed by atoms with Gasteiger partial charge < -0.3 is 10.1 Å². The predicted octanol–water partition coefficient (Wildman–Crippen LogP) is 3.73. The first-order chi connectivity index (χ1) is 11.0. The number of carbonyl (C=O) groups is 1. The Morgan fingerprint density at radius 2 is 1.91 bits per heavy atom. The second kappa shape index (κ2) is 7.82. The fourth-order valence-electron chi connectivity index (χ4n) is 2.64. The molecule has 0 aromatic heterocycles. The summed E-state index contributed by atoms with van der Waals surface area (Å²) in [5, 5.41) is 2.68. The smallest absolute Gasteiger partial charge is 0.224 e. The Bertz CT molecular complexity index is 692. The number of hydrogen-bond acceptors (Lipinski definition) is 2. The van der Waals surface area contributed by atoms with E-state index in [0.29, 0.717) is 13.0 Å². The van der Waals surface area contributed by atoms with Crippen molar-refractivity contribution in [2.45, 2.75) is 40.2 Å². The summed E-state index contributed by atoms with van der Waals surface area (Å²) in [6, 6.07) is 12.3. The Morgan fingerprint density at radius 3 is 2.57 bits per heavy atom. The third-order valence-corrected chi connectivity index (χ3v) is 4.16. The second-order valence-electron chi connectivity index (χ2n) is 5.80. The Balaban J connectivity index is 2.18. The molecule has 2 aromatic rings. The van der Waals surface area contributed by atoms with Crippen molar-refractivity contribution in [3.05, 3.63) is 64.2 Å². The zero-order chi connectivity index (χ0) is 16.8. The van der Waals surface area contributed by atoms with Gasteiger partial charge in [0, 0.05) is 7.05 Å². The van der Waals surface area contributed by atoms with Crippen LogP contribution in [0.4, 0.5) is 0 Å². The minimum absolute atomic E-state index is 0.0142. The zero-order valence-corrected chi connectivity index (χ0v) is 14.4. The molecule has 1 amide bonds. The van der Waals surface area contributed by atoms with Crippen LogP contribution in [-0.4, -0.2) is 13.0 Å². The van der Waals surface area contributed by atoms with Crippen LogP contribution in [0.2, 0.25) is 0 Å². The van der Waals surface area contributed by atoms with Crippen molar-refractivity contribution in [1.29, 1.82) is 0 Å². The standard InChI is InChI=1S/C20H25NO2/c1-5-16-9-10-19(15(3)11-16)23-13-18-14(2)7-6-8-17(18)12-20(22)21-4/h6-11H,5,12-13H2,1-4H3,(H,21,22). The van der Waals surface area contributed by atoms with Gasteiger partial charge in [-0.05, 0) is 54.2 Å². The molecule has 0 unspecified atom stereocenters. The topological polar surface area (TPSA) is 38.3 Å². The van der Waals surface area contributed by atoms with E-state index >= 15 is 0 Å². The fourth-order valence-corrected chi connectivity index (χ4v) is 2.64. The minimum Gasteiger partial charge on any atom is -0.489 e. The number of nitrogens with one attached hydrogen (secondary N) is 1. The number of likely N-dealkylation sites (N-methyl/N-ethyl adjacent to an activating group) is 1. The molecular weight excluding hydrogens is 286 g/mol. The van der Waals surface area contributed by atoms with Crippen molar-refractivity contribution in [3.63, 3.8) is 0 Å². The van der Waals surface area contributed by atoms with Crippen molar-refractivity contribution in [2.24, 2.45) is 0 Å². The Hall–Kier alpha value is -2.29. The first-order valence-electron chi connectivity index (χ1n) is 8.05. The van der Waals surface area contributed by atoms with Gasteiger partial charge in [-0.15, -0.1) is 0 Å². The highest BCUT2D eigenvalue weighted by molar-refractivity contribution is 5.78. The summed E-state index contributed by atoms with van der Waals surface area (Å²) in [4.78, 5) is 11.7. The SMILES string of the molecule is CCc1ccc(OCc2c(C)cccc2CC(=O)NC)c(C)c1. The summed E-state index contributed by atoms with van der Waals surface area (Å²) in [6.45, 7) is 6.75. The molecule has 0 saturated carbocycles. The number of carbonyl (C=O) groups excluding carboxylic acids is 1. The summed E-state index contributed by atoms with van der Waals surface area (Å²) in [5.74, 6) is 0.914. The van der Waals surface area contributed by atoms with Gasteiger partial charge in [0.1, 0.15) is 12.4 Å². The first kappa shape index (κ1) is 17.1. The van der Waals surface area contributed by atoms with E-state index < -0.39 is 0 Å². The zero-order valence-electron chi connectivity index (χ0n) is 14.4. The quantitative estimate of drug-likeness (QED) is 0.882. The maximum Gasteiger partial charge on any atom is 0.224 e. The van der Waals surface area contributed by atoms with Gasteiger partial charge in [-0.25, -0.2) is 0 Å². The van der Waals surface area contributed by atoms with Crippen molar-refractivity contribution < 1.29 is 9.53 Å². The molecule has 3 nitrogen and oxygen atoms in total. The minimum atomic E-state index is 0.0142. The molecule has 0 heterocycles. The van der Waals surface area contributed by atoms with Crippen LogP contribution < -0.4 is 10.1 Å². The second-order valence-corrected chi connectivity index (χ2v) is 5.80. The van der Waals surface area contributed by atoms with Crippen LogP contribution in [0.25, 0.3) is 0 Å². The van der Waals surface area contributed by atoms with E-state index in [9.17, 15) is 4.79 Å². The predicted molar refractivity (Wildman–Crippen MR) is 93.8 cm³/mol. The molecule has 0 aliphatic rings. The van der Waals surface area contributed by atoms with E-state index in [1.165, 1.54) is 5.56 Å². The molecule has 0 spiro atoms. The normalized spacial score (nSPS) is 10.4. The lowest BCUT2D eigenvalue weighted by Gasteiger charge is -2.15. The molecule has 0 aliphatic heterocycles. The molecule has 0 fully saturated rings. The van der Waals surface area contributed by atoms with Crippen LogP contribution in [0.5, 0.6) is 5.75 Å². The average molecular weight is 311 g/mol. The van der Waals surface area contributed by atoms with Crippen LogP contribution >= 0.6 is 0 Å². The van der Waals surface area contributed by atoms with Gasteiger partial charge in [0.2, 0.25) is 5.91 Å². The van der Waals surface area contributed by atoms with E-state index in [4.69, 9.17) is 4.74 Å². The average Bonchev–Trinajstić information content (AvgIpc) is 2.55. The Labute approximate surface area is 138 Å². The number of ether oxygens (including phenoxy) is 1. The lowest BCUT2D eigenvalue weighted by atomic mass is 10.00. The van der Waals surface area contributed by atoms with E-state index in [2.05, 4.69) is 44.3 Å². The molecule has 0 atom stereocenters. The highest BCUT2D eigenvalue weighted by Gasteiger charge is 2.10. The number of amides is 1. The lowest BCUT2D eigenvalue weighted by molar-refractivity contribution is -0.119. The lowest BCUT2D eigenvalue weighted by Crippen LogP contribution is -2.21. The summed E-state index contributed by atoms with van der Waals surface area (Å²) in [7, 11) is 1.66. The monoisotopic (exact) mass is 311 g/mol. The van der Waals surface area contributed by atoms with Crippen LogP contribution in [0, 0.1) is 13.8 Å². The molecule has 122 valence electrons. The highest BCUT2D eigenvalue weighted by Crippen LogP contribution is 2.23. The third kappa shape index (κ3) is 4.35. The first-order valence-corrected chi connectivity index (χ1v) is 8.05. The van der Waals surface area contributed by atoms with Gasteiger partial charge in [0.05, 0.1) is 6.42 Å². The molecule has 2 rings (SSSR count). The number of benzene rings is 2. The van der Waals surface area contributed by atoms with Crippen molar-refractivity contribution in [1.82, 2.24) is 5.32 Å². The molecule has 0 bridgehead atoms. The number of rotatable bonds is 6. The molecule has 3 heteroatoms. The van der Waals surface area contributed by atoms with Crippen molar-refractivity contribution in [3.8, 4) is 5.75 Å². The summed E-state index contributed by atoms with van der Waals surface area (Å²) >= 11 is 0. The number of hydrogen-bond donors (Lipinski definition) is 1. The Kier molecular flexibility index (Phi) is 5.80. The molecule has 0 radical (unpaired) electrons. The van der Waals surface area contributed by atoms with Gasteiger partial charge in [-0.2, -0.15) is 0 Å². The van der Waals surface area contributed by atoms with Gasteiger partial charge in [0.15, 0.2) is 0 Å². The molecule has 0 saturated heterocycles. The van der Waals surface area contributed by atoms with E-state index in [0.717, 1.165) is 34.4 Å². The molecule has 1 N–H and O–H groups in total. The van der Waals surface area contributed by atoms with Crippen molar-refractivity contribution in [2.75, 3.05) is 7.05 Å². The summed E-state index contributed by atoms with van der Waals surface area (Å²) < 4.78 is 6.03. The maximum atomic E-state index is 11.7. The fraction of sp³-hybridized carbons (Fsp3) is 0.350. The molecule has 2 aromatic carbocycles. The highest BCUT2D eigenvalue weighted by atomic mass is 16.5. The van der Waals surface area contributed by atoms with Gasteiger partial charge in [-0.3, -0.25) is 4.79 Å². The molecule has 0 aliphatic carbocycles. The summed E-state index contributed by atoms with van der Waals surface area (Å²) in [5.41, 5.74) is 5.72. The van der Waals surface area contributed by atoms with Gasteiger partial charge in [-0.1, -0.05) is 37.3 Å². The van der Waals surface area contributed by atoms with Crippen LogP contribution in [0.3, 0.4) is 0 Å². The number of aryl methyl sites for hydroxylation is 3. The molecule has 23 heavy (non-hydrogen) atoms. The Morgan fingerprint density at radius 1 is 1.13 bits per heavy atom. The maximum absolute atomic E-state index is 11.7. The van der Waals surface area contributed by atoms with E-state index in [-0.39, 0.29) is 5.91 Å². The molecular formula is C20H25NO2. The van der Waals surface area contributed by atoms with Gasteiger partial charge in [0.25, 0.3) is 0 Å². The van der Waals surface area contributed by atoms with Crippen molar-refractivity contribution >= 4 is 5.91 Å². The van der Waals surface area contributed by atoms with Crippen LogP contribution in [0.15, 0.2) is 36.4 Å².